The van der Waals surface area contributed by atoms with Gasteiger partial charge in [-0.05, 0) is 50.6 Å². The topological polar surface area (TPSA) is 95.0 Å². The Labute approximate surface area is 113 Å². The van der Waals surface area contributed by atoms with Gasteiger partial charge in [-0.1, -0.05) is 5.16 Å². The molecule has 1 aromatic rings. The number of rotatable bonds is 8. The Morgan fingerprint density at radius 1 is 1.42 bits per heavy atom. The smallest absolute Gasteiger partial charge is 0.188 e. The number of unbranched alkanes of at least 4 members (excludes halogenated alkanes) is 2. The molecule has 0 aliphatic rings. The van der Waals surface area contributed by atoms with Crippen LogP contribution in [-0.2, 0) is 6.54 Å². The Balaban J connectivity index is 2.48. The third kappa shape index (κ3) is 5.67. The summed E-state index contributed by atoms with van der Waals surface area (Å²) >= 11 is 0. The summed E-state index contributed by atoms with van der Waals surface area (Å²) < 4.78 is 0. The number of oxime groups is 1. The van der Waals surface area contributed by atoms with Crippen LogP contribution in [0, 0.1) is 0 Å². The summed E-state index contributed by atoms with van der Waals surface area (Å²) in [6.07, 6.45) is 4.61. The Morgan fingerprint density at radius 2 is 2.21 bits per heavy atom. The van der Waals surface area contributed by atoms with E-state index in [4.69, 9.17) is 16.0 Å². The molecule has 0 unspecified atom stereocenters. The maximum atomic E-state index is 8.71. The van der Waals surface area contributed by atoms with Crippen molar-refractivity contribution in [1.82, 2.24) is 9.88 Å². The van der Waals surface area contributed by atoms with E-state index in [-0.39, 0.29) is 12.4 Å². The van der Waals surface area contributed by atoms with E-state index in [9.17, 15) is 0 Å². The first-order chi connectivity index (χ1) is 9.17. The van der Waals surface area contributed by atoms with E-state index < -0.39 is 0 Å². The lowest BCUT2D eigenvalue weighted by Gasteiger charge is -2.16. The molecule has 1 rings (SSSR count). The Morgan fingerprint density at radius 3 is 2.89 bits per heavy atom. The second-order valence-electron chi connectivity index (χ2n) is 4.56. The third-order valence-corrected chi connectivity index (χ3v) is 2.84. The maximum absolute atomic E-state index is 8.71. The molecule has 0 spiro atoms. The number of pyridine rings is 1. The van der Waals surface area contributed by atoms with Crippen LogP contribution in [-0.4, -0.2) is 46.2 Å². The molecule has 106 valence electrons. The van der Waals surface area contributed by atoms with Crippen molar-refractivity contribution < 1.29 is 10.3 Å². The minimum absolute atomic E-state index is 0.0208. The van der Waals surface area contributed by atoms with Crippen LogP contribution in [0.1, 0.15) is 30.5 Å². The van der Waals surface area contributed by atoms with E-state index in [1.807, 2.05) is 19.2 Å². The van der Waals surface area contributed by atoms with Crippen LogP contribution in [0.5, 0.6) is 0 Å². The molecule has 0 radical (unpaired) electrons. The van der Waals surface area contributed by atoms with Gasteiger partial charge in [0.2, 0.25) is 0 Å². The number of nitrogens with zero attached hydrogens (tertiary/aromatic N) is 3. The molecule has 0 aliphatic carbocycles. The summed E-state index contributed by atoms with van der Waals surface area (Å²) in [5.74, 6) is 0.0208. The Bertz CT molecular complexity index is 409. The first-order valence-corrected chi connectivity index (χ1v) is 6.39. The summed E-state index contributed by atoms with van der Waals surface area (Å²) in [7, 11) is 2.04. The number of hydrogen-bond donors (Lipinski definition) is 3. The van der Waals surface area contributed by atoms with Crippen LogP contribution >= 0.6 is 0 Å². The normalized spacial score (nSPS) is 12.1. The van der Waals surface area contributed by atoms with Crippen molar-refractivity contribution in [3.63, 3.8) is 0 Å². The molecule has 6 heteroatoms. The molecular formula is C13H22N4O2. The molecule has 0 amide bonds. The fourth-order valence-corrected chi connectivity index (χ4v) is 1.82. The predicted octanol–water partition coefficient (Wildman–Crippen LogP) is 0.770. The van der Waals surface area contributed by atoms with E-state index in [1.54, 1.807) is 6.20 Å². The molecule has 19 heavy (non-hydrogen) atoms. The van der Waals surface area contributed by atoms with Crippen LogP contribution < -0.4 is 5.73 Å². The van der Waals surface area contributed by atoms with E-state index in [0.717, 1.165) is 37.9 Å². The van der Waals surface area contributed by atoms with Gasteiger partial charge in [-0.15, -0.1) is 0 Å². The van der Waals surface area contributed by atoms with Crippen LogP contribution in [0.25, 0.3) is 0 Å². The van der Waals surface area contributed by atoms with Crippen LogP contribution in [0.15, 0.2) is 23.5 Å². The quantitative estimate of drug-likeness (QED) is 0.212. The van der Waals surface area contributed by atoms with Crippen LogP contribution in [0.4, 0.5) is 0 Å². The van der Waals surface area contributed by atoms with E-state index in [1.165, 1.54) is 0 Å². The van der Waals surface area contributed by atoms with Gasteiger partial charge in [-0.3, -0.25) is 4.98 Å². The minimum atomic E-state index is 0.0208. The number of hydrogen-bond acceptors (Lipinski definition) is 5. The van der Waals surface area contributed by atoms with E-state index >= 15 is 0 Å². The van der Waals surface area contributed by atoms with Gasteiger partial charge in [0.1, 0.15) is 5.69 Å². The number of aromatic nitrogens is 1. The van der Waals surface area contributed by atoms with Gasteiger partial charge in [-0.2, -0.15) is 0 Å². The number of aliphatic hydroxyl groups excluding tert-OH is 1. The Hall–Kier alpha value is -1.66. The molecular weight excluding hydrogens is 244 g/mol. The third-order valence-electron chi connectivity index (χ3n) is 2.84. The molecule has 0 atom stereocenters. The molecule has 0 aliphatic heterocycles. The molecule has 1 aromatic heterocycles. The second-order valence-corrected chi connectivity index (χ2v) is 4.56. The summed E-state index contributed by atoms with van der Waals surface area (Å²) in [6.45, 7) is 2.02. The van der Waals surface area contributed by atoms with Gasteiger partial charge in [0.15, 0.2) is 5.84 Å². The van der Waals surface area contributed by atoms with Gasteiger partial charge >= 0.3 is 0 Å². The second kappa shape index (κ2) is 8.44. The highest BCUT2D eigenvalue weighted by molar-refractivity contribution is 5.95. The maximum Gasteiger partial charge on any atom is 0.188 e. The van der Waals surface area contributed by atoms with Gasteiger partial charge < -0.3 is 20.9 Å². The fraction of sp³-hybridized carbons (Fsp3) is 0.538. The van der Waals surface area contributed by atoms with Crippen molar-refractivity contribution in [3.05, 3.63) is 29.6 Å². The van der Waals surface area contributed by atoms with Gasteiger partial charge in [-0.25, -0.2) is 0 Å². The highest BCUT2D eigenvalue weighted by Gasteiger charge is 2.04. The molecule has 0 bridgehead atoms. The lowest BCUT2D eigenvalue weighted by atomic mass is 10.2. The van der Waals surface area contributed by atoms with Crippen molar-refractivity contribution in [2.75, 3.05) is 20.2 Å². The summed E-state index contributed by atoms with van der Waals surface area (Å²) in [5, 5.41) is 20.3. The molecule has 4 N–H and O–H groups in total. The van der Waals surface area contributed by atoms with Crippen LogP contribution in [0.2, 0.25) is 0 Å². The first-order valence-electron chi connectivity index (χ1n) is 6.39. The average molecular weight is 266 g/mol. The van der Waals surface area contributed by atoms with Gasteiger partial charge in [0, 0.05) is 19.3 Å². The van der Waals surface area contributed by atoms with E-state index in [0.29, 0.717) is 5.69 Å². The summed E-state index contributed by atoms with van der Waals surface area (Å²) in [6, 6.07) is 3.73. The van der Waals surface area contributed by atoms with Crippen LogP contribution in [0.3, 0.4) is 0 Å². The zero-order valence-corrected chi connectivity index (χ0v) is 11.3. The SMILES string of the molecule is CN(CCCCCO)Cc1ccnc(/C(N)=N/O)c1. The fourth-order valence-electron chi connectivity index (χ4n) is 1.82. The lowest BCUT2D eigenvalue weighted by molar-refractivity contribution is 0.271. The first kappa shape index (κ1) is 15.4. The van der Waals surface area contributed by atoms with Crippen molar-refractivity contribution in [2.45, 2.75) is 25.8 Å². The zero-order valence-electron chi connectivity index (χ0n) is 11.3. The summed E-state index contributed by atoms with van der Waals surface area (Å²) in [5.41, 5.74) is 7.06. The van der Waals surface area contributed by atoms with Crippen molar-refractivity contribution in [1.29, 1.82) is 0 Å². The van der Waals surface area contributed by atoms with Crippen molar-refractivity contribution in [3.8, 4) is 0 Å². The predicted molar refractivity (Wildman–Crippen MR) is 74.0 cm³/mol. The highest BCUT2D eigenvalue weighted by atomic mass is 16.4. The molecule has 0 saturated heterocycles. The average Bonchev–Trinajstić information content (AvgIpc) is 2.43. The van der Waals surface area contributed by atoms with Gasteiger partial charge in [0.25, 0.3) is 0 Å². The van der Waals surface area contributed by atoms with Crippen molar-refractivity contribution in [2.24, 2.45) is 10.9 Å². The lowest BCUT2D eigenvalue weighted by Crippen LogP contribution is -2.20. The summed E-state index contributed by atoms with van der Waals surface area (Å²) in [4.78, 5) is 6.24. The molecule has 0 aromatic carbocycles. The van der Waals surface area contributed by atoms with E-state index in [2.05, 4.69) is 15.0 Å². The zero-order chi connectivity index (χ0) is 14.1. The number of amidine groups is 1. The molecule has 1 heterocycles. The monoisotopic (exact) mass is 266 g/mol. The standard InChI is InChI=1S/C13H22N4O2/c1-17(7-3-2-4-8-18)10-11-5-6-15-12(9-11)13(14)16-19/h5-6,9,18-19H,2-4,7-8,10H2,1H3,(H2,14,16). The molecule has 0 saturated carbocycles. The highest BCUT2D eigenvalue weighted by Crippen LogP contribution is 2.06. The van der Waals surface area contributed by atoms with Gasteiger partial charge in [0.05, 0.1) is 0 Å². The molecule has 6 nitrogen and oxygen atoms in total. The largest absolute Gasteiger partial charge is 0.409 e. The molecule has 0 fully saturated rings. The minimum Gasteiger partial charge on any atom is -0.409 e. The van der Waals surface area contributed by atoms with Crippen molar-refractivity contribution >= 4 is 5.84 Å². The Kier molecular flexibility index (Phi) is 6.84. The number of nitrogens with two attached hydrogens (primary N) is 1. The number of aliphatic hydroxyl groups is 1.